The maximum atomic E-state index is 12.9. The van der Waals surface area contributed by atoms with E-state index in [1.807, 2.05) is 0 Å². The van der Waals surface area contributed by atoms with Crippen molar-refractivity contribution in [2.24, 2.45) is 17.3 Å². The summed E-state index contributed by atoms with van der Waals surface area (Å²) in [5.74, 6) is -2.06. The summed E-state index contributed by atoms with van der Waals surface area (Å²) >= 11 is 0. The Labute approximate surface area is 197 Å². The maximum absolute atomic E-state index is 12.9. The van der Waals surface area contributed by atoms with E-state index in [1.165, 1.54) is 12.1 Å². The number of rotatable bonds is 4. The molecule has 0 aromatic heterocycles. The van der Waals surface area contributed by atoms with E-state index in [2.05, 4.69) is 8.37 Å². The van der Waals surface area contributed by atoms with Crippen molar-refractivity contribution in [3.05, 3.63) is 29.3 Å². The van der Waals surface area contributed by atoms with Gasteiger partial charge in [-0.25, -0.2) is 0 Å². The lowest BCUT2D eigenvalue weighted by atomic mass is 9.55. The Balaban J connectivity index is 1.58. The van der Waals surface area contributed by atoms with Gasteiger partial charge in [0.05, 0.1) is 0 Å². The Morgan fingerprint density at radius 1 is 0.971 bits per heavy atom. The third-order valence-corrected chi connectivity index (χ3v) is 9.46. The molecule has 7 nitrogen and oxygen atoms in total. The number of ketones is 1. The van der Waals surface area contributed by atoms with E-state index < -0.39 is 60.2 Å². The average molecular weight is 550 g/mol. The molecule has 196 valence electrons. The van der Waals surface area contributed by atoms with Gasteiger partial charge in [0.15, 0.2) is 5.78 Å². The first-order chi connectivity index (χ1) is 15.9. The fourth-order valence-corrected chi connectivity index (χ4v) is 6.87. The highest BCUT2D eigenvalue weighted by Crippen LogP contribution is 2.60. The van der Waals surface area contributed by atoms with E-state index in [0.29, 0.717) is 24.8 Å². The second-order valence-corrected chi connectivity index (χ2v) is 12.4. The standard InChI is InChI=1S/C20H20F6O7S2/c1-18-7-6-13-12-5-3-11(32-34(28,29)19(21,22)23)8-10(12)2-4-14(13)15(18)9-16(17(18)27)33-35(30,31)20(24,25)26/h3,5,8,13-16H,2,4,6-7,9H2,1H3/t13-,14-,15+,16+,18+/m1/s1. The summed E-state index contributed by atoms with van der Waals surface area (Å²) in [5.41, 5.74) is -11.0. The van der Waals surface area contributed by atoms with Crippen LogP contribution in [-0.2, 0) is 35.6 Å². The van der Waals surface area contributed by atoms with E-state index in [0.717, 1.165) is 11.6 Å². The van der Waals surface area contributed by atoms with E-state index in [1.54, 1.807) is 6.92 Å². The van der Waals surface area contributed by atoms with Gasteiger partial charge in [0.1, 0.15) is 11.9 Å². The van der Waals surface area contributed by atoms with Crippen molar-refractivity contribution < 1.29 is 56.3 Å². The van der Waals surface area contributed by atoms with Crippen LogP contribution in [0.15, 0.2) is 18.2 Å². The van der Waals surface area contributed by atoms with Crippen molar-refractivity contribution in [2.75, 3.05) is 0 Å². The van der Waals surface area contributed by atoms with Gasteiger partial charge in [-0.05, 0) is 73.1 Å². The van der Waals surface area contributed by atoms with Crippen molar-refractivity contribution >= 4 is 26.0 Å². The van der Waals surface area contributed by atoms with Crippen LogP contribution in [0.1, 0.15) is 49.7 Å². The van der Waals surface area contributed by atoms with E-state index in [-0.39, 0.29) is 24.7 Å². The molecule has 1 aromatic rings. The number of alkyl halides is 6. The largest absolute Gasteiger partial charge is 0.534 e. The average Bonchev–Trinajstić information content (AvgIpc) is 2.96. The zero-order valence-corrected chi connectivity index (χ0v) is 19.7. The molecule has 0 saturated heterocycles. The highest BCUT2D eigenvalue weighted by atomic mass is 32.2. The third-order valence-electron chi connectivity index (χ3n) is 7.43. The summed E-state index contributed by atoms with van der Waals surface area (Å²) in [7, 11) is -11.8. The van der Waals surface area contributed by atoms with Crippen molar-refractivity contribution in [2.45, 2.75) is 62.1 Å². The van der Waals surface area contributed by atoms with Gasteiger partial charge in [-0.2, -0.15) is 43.2 Å². The number of hydrogen-bond donors (Lipinski definition) is 0. The molecule has 0 bridgehead atoms. The van der Waals surface area contributed by atoms with Crippen LogP contribution in [0.25, 0.3) is 0 Å². The van der Waals surface area contributed by atoms with Crippen molar-refractivity contribution in [3.63, 3.8) is 0 Å². The second-order valence-electron chi connectivity index (χ2n) is 9.30. The normalized spacial score (nSPS) is 31.5. The Hall–Kier alpha value is -1.87. The molecule has 0 radical (unpaired) electrons. The SMILES string of the molecule is C[C@]12CC[C@@H]3c4ccc(OS(=O)(=O)C(F)(F)F)cc4CC[C@H]3[C@@H]1C[C@H](OS(=O)(=O)C(F)(F)F)C2=O. The van der Waals surface area contributed by atoms with Gasteiger partial charge in [0.25, 0.3) is 0 Å². The lowest BCUT2D eigenvalue weighted by Crippen LogP contribution is -2.43. The zero-order chi connectivity index (χ0) is 26.2. The molecule has 2 saturated carbocycles. The Bertz CT molecular complexity index is 1260. The number of carbonyl (C=O) groups excluding carboxylic acids is 1. The number of hydrogen-bond acceptors (Lipinski definition) is 7. The van der Waals surface area contributed by atoms with Gasteiger partial charge in [0.2, 0.25) is 0 Å². The Morgan fingerprint density at radius 3 is 2.20 bits per heavy atom. The quantitative estimate of drug-likeness (QED) is 0.315. The molecule has 4 rings (SSSR count). The number of fused-ring (bicyclic) bond motifs is 5. The number of carbonyl (C=O) groups is 1. The molecule has 0 amide bonds. The molecule has 5 atom stereocenters. The fraction of sp³-hybridized carbons (Fsp3) is 0.650. The van der Waals surface area contributed by atoms with Gasteiger partial charge in [0, 0.05) is 5.41 Å². The number of Topliss-reactive ketones (excluding diaryl/α,β-unsaturated/α-hetero) is 1. The summed E-state index contributed by atoms with van der Waals surface area (Å²) in [4.78, 5) is 12.9. The Morgan fingerprint density at radius 2 is 1.60 bits per heavy atom. The van der Waals surface area contributed by atoms with Gasteiger partial charge >= 0.3 is 31.3 Å². The third kappa shape index (κ3) is 4.32. The highest BCUT2D eigenvalue weighted by molar-refractivity contribution is 7.88. The van der Waals surface area contributed by atoms with Crippen molar-refractivity contribution in [1.82, 2.24) is 0 Å². The molecule has 0 aliphatic heterocycles. The predicted octanol–water partition coefficient (Wildman–Crippen LogP) is 4.18. The topological polar surface area (TPSA) is 104 Å². The predicted molar refractivity (Wildman–Crippen MR) is 107 cm³/mol. The molecule has 0 spiro atoms. The molecule has 3 aliphatic rings. The van der Waals surface area contributed by atoms with Crippen LogP contribution in [-0.4, -0.2) is 39.7 Å². The molecule has 15 heteroatoms. The molecule has 2 fully saturated rings. The molecule has 0 heterocycles. The summed E-state index contributed by atoms with van der Waals surface area (Å²) in [5, 5.41) is 0. The molecule has 35 heavy (non-hydrogen) atoms. The van der Waals surface area contributed by atoms with Crippen LogP contribution in [0, 0.1) is 17.3 Å². The summed E-state index contributed by atoms with van der Waals surface area (Å²) in [6, 6.07) is 3.76. The highest BCUT2D eigenvalue weighted by Gasteiger charge is 2.61. The molecular weight excluding hydrogens is 530 g/mol. The fourth-order valence-electron chi connectivity index (χ4n) is 5.84. The minimum atomic E-state index is -5.96. The Kier molecular flexibility index (Phi) is 6.04. The van der Waals surface area contributed by atoms with Crippen molar-refractivity contribution in [1.29, 1.82) is 0 Å². The van der Waals surface area contributed by atoms with Crippen LogP contribution in [0.5, 0.6) is 5.75 Å². The monoisotopic (exact) mass is 550 g/mol. The second kappa shape index (κ2) is 8.07. The first-order valence-corrected chi connectivity index (χ1v) is 13.4. The van der Waals surface area contributed by atoms with Gasteiger partial charge in [-0.1, -0.05) is 13.0 Å². The lowest BCUT2D eigenvalue weighted by Gasteiger charge is -2.48. The van der Waals surface area contributed by atoms with Crippen molar-refractivity contribution in [3.8, 4) is 5.75 Å². The molecule has 3 aliphatic carbocycles. The van der Waals surface area contributed by atoms with Crippen LogP contribution < -0.4 is 4.18 Å². The van der Waals surface area contributed by atoms with Crippen LogP contribution in [0.3, 0.4) is 0 Å². The maximum Gasteiger partial charge on any atom is 0.534 e. The van der Waals surface area contributed by atoms with Crippen LogP contribution in [0.4, 0.5) is 26.3 Å². The van der Waals surface area contributed by atoms with Crippen LogP contribution >= 0.6 is 0 Å². The number of aryl methyl sites for hydroxylation is 1. The van der Waals surface area contributed by atoms with Gasteiger partial charge in [-0.15, -0.1) is 0 Å². The number of halogens is 6. The minimum absolute atomic E-state index is 0.198. The van der Waals surface area contributed by atoms with Gasteiger partial charge in [-0.3, -0.25) is 8.98 Å². The first-order valence-electron chi connectivity index (χ1n) is 10.5. The smallest absolute Gasteiger partial charge is 0.376 e. The van der Waals surface area contributed by atoms with E-state index in [9.17, 15) is 48.0 Å². The van der Waals surface area contributed by atoms with Crippen LogP contribution in [0.2, 0.25) is 0 Å². The molecule has 0 unspecified atom stereocenters. The minimum Gasteiger partial charge on any atom is -0.376 e. The zero-order valence-electron chi connectivity index (χ0n) is 18.0. The summed E-state index contributed by atoms with van der Waals surface area (Å²) in [6.07, 6.45) is -0.557. The molecule has 1 aromatic carbocycles. The lowest BCUT2D eigenvalue weighted by molar-refractivity contribution is -0.134. The van der Waals surface area contributed by atoms with E-state index in [4.69, 9.17) is 0 Å². The molecular formula is C20H20F6O7S2. The summed E-state index contributed by atoms with van der Waals surface area (Å²) in [6.45, 7) is 1.59. The van der Waals surface area contributed by atoms with E-state index >= 15 is 0 Å². The molecule has 0 N–H and O–H groups in total. The number of benzene rings is 1. The van der Waals surface area contributed by atoms with Gasteiger partial charge < -0.3 is 4.18 Å². The first kappa shape index (κ1) is 26.2. The summed E-state index contributed by atoms with van der Waals surface area (Å²) < 4.78 is 130.